The summed E-state index contributed by atoms with van der Waals surface area (Å²) in [6.45, 7) is 6.49. The van der Waals surface area contributed by atoms with Crippen LogP contribution in [0.5, 0.6) is 0 Å². The van der Waals surface area contributed by atoms with Gasteiger partial charge < -0.3 is 4.98 Å². The maximum Gasteiger partial charge on any atom is 0.266 e. The number of thioether (sulfide) groups is 1. The molecule has 0 bridgehead atoms. The third-order valence-electron chi connectivity index (χ3n) is 5.58. The van der Waals surface area contributed by atoms with Crippen LogP contribution in [-0.4, -0.2) is 31.4 Å². The Morgan fingerprint density at radius 2 is 1.82 bits per heavy atom. The second-order valence-electron chi connectivity index (χ2n) is 7.95. The van der Waals surface area contributed by atoms with Gasteiger partial charge in [0.05, 0.1) is 27.5 Å². The van der Waals surface area contributed by atoms with Crippen LogP contribution >= 0.6 is 11.8 Å². The number of halogens is 2. The van der Waals surface area contributed by atoms with Crippen molar-refractivity contribution >= 4 is 34.2 Å². The van der Waals surface area contributed by atoms with Gasteiger partial charge in [-0.1, -0.05) is 23.9 Å². The molecular weight excluding hydrogens is 460 g/mol. The number of nitrogens with zero attached hydrogens (tertiary/aromatic N) is 2. The van der Waals surface area contributed by atoms with Crippen LogP contribution in [0.3, 0.4) is 0 Å². The predicted octanol–water partition coefficient (Wildman–Crippen LogP) is 5.17. The molecule has 6 nitrogen and oxygen atoms in total. The van der Waals surface area contributed by atoms with Crippen LogP contribution in [-0.2, 0) is 0 Å². The first-order valence-electron chi connectivity index (χ1n) is 10.5. The van der Waals surface area contributed by atoms with E-state index < -0.39 is 22.4 Å². The van der Waals surface area contributed by atoms with Crippen molar-refractivity contribution in [2.24, 2.45) is 0 Å². The molecule has 9 heteroatoms. The van der Waals surface area contributed by atoms with Gasteiger partial charge in [-0.05, 0) is 57.5 Å². The first-order chi connectivity index (χ1) is 16.1. The molecule has 2 aromatic heterocycles. The Labute approximate surface area is 198 Å². The van der Waals surface area contributed by atoms with E-state index in [0.29, 0.717) is 34.1 Å². The minimum Gasteiger partial charge on any atom is -0.355 e. The monoisotopic (exact) mass is 481 g/mol. The highest BCUT2D eigenvalue weighted by Crippen LogP contribution is 2.29. The van der Waals surface area contributed by atoms with Gasteiger partial charge in [0.15, 0.2) is 16.7 Å². The number of fused-ring (bicyclic) bond motifs is 1. The van der Waals surface area contributed by atoms with Crippen molar-refractivity contribution in [2.75, 3.05) is 0 Å². The molecule has 2 aromatic carbocycles. The van der Waals surface area contributed by atoms with Crippen molar-refractivity contribution in [3.63, 3.8) is 0 Å². The lowest BCUT2D eigenvalue weighted by molar-refractivity contribution is 0.0988. The average molecular weight is 482 g/mol. The Morgan fingerprint density at radius 1 is 1.12 bits per heavy atom. The highest BCUT2D eigenvalue weighted by Gasteiger charge is 2.26. The van der Waals surface area contributed by atoms with Crippen molar-refractivity contribution in [2.45, 2.75) is 38.1 Å². The second-order valence-corrected chi connectivity index (χ2v) is 9.26. The fourth-order valence-corrected chi connectivity index (χ4v) is 4.98. The zero-order chi connectivity index (χ0) is 24.7. The number of aromatic amines is 1. The van der Waals surface area contributed by atoms with E-state index in [9.17, 15) is 23.2 Å². The molecule has 0 fully saturated rings. The summed E-state index contributed by atoms with van der Waals surface area (Å²) < 4.78 is 29.3. The van der Waals surface area contributed by atoms with Crippen molar-refractivity contribution in [1.29, 1.82) is 0 Å². The van der Waals surface area contributed by atoms with Crippen LogP contribution in [0, 0.1) is 25.5 Å². The van der Waals surface area contributed by atoms with Gasteiger partial charge in [-0.15, -0.1) is 0 Å². The Bertz CT molecular complexity index is 1520. The number of aryl methyl sites for hydroxylation is 1. The standard InChI is InChI=1S/C25H21F2N3O3S/c1-12-21(14(3)31)13(2)28-22(12)23(32)15(4)34-25-29-19-8-6-5-7-17(19)24(33)30(25)20-10-9-16(26)11-18(20)27/h5-11,15,28H,1-4H3. The molecule has 0 amide bonds. The lowest BCUT2D eigenvalue weighted by Crippen LogP contribution is -2.24. The Balaban J connectivity index is 1.83. The second kappa shape index (κ2) is 8.98. The van der Waals surface area contributed by atoms with Gasteiger partial charge in [0.25, 0.3) is 5.56 Å². The van der Waals surface area contributed by atoms with Crippen molar-refractivity contribution in [3.8, 4) is 5.69 Å². The average Bonchev–Trinajstić information content (AvgIpc) is 3.08. The molecule has 0 saturated heterocycles. The smallest absolute Gasteiger partial charge is 0.266 e. The molecule has 0 spiro atoms. The molecule has 0 aliphatic carbocycles. The number of ketones is 2. The molecule has 34 heavy (non-hydrogen) atoms. The van der Waals surface area contributed by atoms with Gasteiger partial charge >= 0.3 is 0 Å². The van der Waals surface area contributed by atoms with Gasteiger partial charge in [0, 0.05) is 17.3 Å². The number of benzene rings is 2. The molecule has 0 radical (unpaired) electrons. The molecule has 0 aliphatic heterocycles. The van der Waals surface area contributed by atoms with E-state index in [-0.39, 0.29) is 27.8 Å². The fraction of sp³-hybridized carbons (Fsp3) is 0.200. The minimum absolute atomic E-state index is 0.0859. The summed E-state index contributed by atoms with van der Waals surface area (Å²) in [6.07, 6.45) is 0. The van der Waals surface area contributed by atoms with E-state index in [1.54, 1.807) is 45.0 Å². The third kappa shape index (κ3) is 4.07. The van der Waals surface area contributed by atoms with E-state index in [2.05, 4.69) is 9.97 Å². The topological polar surface area (TPSA) is 84.8 Å². The number of para-hydroxylation sites is 1. The minimum atomic E-state index is -0.929. The highest BCUT2D eigenvalue weighted by molar-refractivity contribution is 8.00. The zero-order valence-electron chi connectivity index (χ0n) is 18.9. The van der Waals surface area contributed by atoms with E-state index >= 15 is 0 Å². The van der Waals surface area contributed by atoms with Crippen LogP contribution in [0.2, 0.25) is 0 Å². The fourth-order valence-electron chi connectivity index (χ4n) is 4.01. The lowest BCUT2D eigenvalue weighted by atomic mass is 10.0. The number of rotatable bonds is 6. The summed E-state index contributed by atoms with van der Waals surface area (Å²) in [5, 5.41) is -0.390. The number of carbonyl (C=O) groups excluding carboxylic acids is 2. The molecule has 2 heterocycles. The number of hydrogen-bond acceptors (Lipinski definition) is 5. The first-order valence-corrected chi connectivity index (χ1v) is 11.4. The van der Waals surface area contributed by atoms with E-state index in [4.69, 9.17) is 0 Å². The number of nitrogens with one attached hydrogen (secondary N) is 1. The van der Waals surface area contributed by atoms with Crippen molar-refractivity contribution in [3.05, 3.63) is 87.0 Å². The zero-order valence-corrected chi connectivity index (χ0v) is 19.7. The largest absolute Gasteiger partial charge is 0.355 e. The first kappa shape index (κ1) is 23.6. The molecule has 1 N–H and O–H groups in total. The maximum atomic E-state index is 14.7. The van der Waals surface area contributed by atoms with Gasteiger partial charge in [0.1, 0.15) is 11.6 Å². The van der Waals surface area contributed by atoms with Crippen LogP contribution in [0.15, 0.2) is 52.4 Å². The number of H-pyrrole nitrogens is 1. The molecule has 174 valence electrons. The Hall–Kier alpha value is -3.59. The summed E-state index contributed by atoms with van der Waals surface area (Å²) in [5.74, 6) is -2.16. The van der Waals surface area contributed by atoms with Crippen molar-refractivity contribution < 1.29 is 18.4 Å². The Morgan fingerprint density at radius 3 is 2.47 bits per heavy atom. The molecule has 1 atom stereocenters. The van der Waals surface area contributed by atoms with Crippen LogP contribution in [0.1, 0.15) is 46.0 Å². The summed E-state index contributed by atoms with van der Waals surface area (Å²) in [7, 11) is 0. The molecule has 0 saturated carbocycles. The number of hydrogen-bond donors (Lipinski definition) is 1. The summed E-state index contributed by atoms with van der Waals surface area (Å²) in [4.78, 5) is 46.0. The summed E-state index contributed by atoms with van der Waals surface area (Å²) >= 11 is 0.979. The highest BCUT2D eigenvalue weighted by atomic mass is 32.2. The van der Waals surface area contributed by atoms with Gasteiger partial charge in [-0.2, -0.15) is 0 Å². The molecule has 0 aliphatic rings. The van der Waals surface area contributed by atoms with Crippen LogP contribution in [0.25, 0.3) is 16.6 Å². The maximum absolute atomic E-state index is 14.7. The van der Waals surface area contributed by atoms with Crippen LogP contribution in [0.4, 0.5) is 8.78 Å². The van der Waals surface area contributed by atoms with E-state index in [0.717, 1.165) is 28.5 Å². The number of Topliss-reactive ketones (excluding diaryl/α,β-unsaturated/α-hetero) is 2. The van der Waals surface area contributed by atoms with Gasteiger partial charge in [-0.25, -0.2) is 13.8 Å². The lowest BCUT2D eigenvalue weighted by Gasteiger charge is -2.16. The third-order valence-corrected chi connectivity index (χ3v) is 6.64. The van der Waals surface area contributed by atoms with E-state index in [1.165, 1.54) is 6.92 Å². The number of aromatic nitrogens is 3. The molecule has 1 unspecified atom stereocenters. The normalized spacial score (nSPS) is 12.2. The SMILES string of the molecule is CC(=O)c1c(C)[nH]c(C(=O)C(C)Sc2nc3ccccc3c(=O)n2-c2ccc(F)cc2F)c1C. The molecule has 4 aromatic rings. The summed E-state index contributed by atoms with van der Waals surface area (Å²) in [6, 6.07) is 9.51. The van der Waals surface area contributed by atoms with Gasteiger partial charge in [-0.3, -0.25) is 19.0 Å². The van der Waals surface area contributed by atoms with E-state index in [1.807, 2.05) is 0 Å². The van der Waals surface area contributed by atoms with Gasteiger partial charge in [0.2, 0.25) is 0 Å². The number of carbonyl (C=O) groups is 2. The molecule has 4 rings (SSSR count). The quantitative estimate of drug-likeness (QED) is 0.233. The Kier molecular flexibility index (Phi) is 6.22. The molecular formula is C25H21F2N3O3S. The predicted molar refractivity (Wildman–Crippen MR) is 127 cm³/mol. The van der Waals surface area contributed by atoms with Crippen molar-refractivity contribution in [1.82, 2.24) is 14.5 Å². The van der Waals surface area contributed by atoms with Crippen LogP contribution < -0.4 is 5.56 Å². The summed E-state index contributed by atoms with van der Waals surface area (Å²) in [5.41, 5.74) is 1.59.